The summed E-state index contributed by atoms with van der Waals surface area (Å²) in [6, 6.07) is 0. The molecule has 0 aliphatic heterocycles. The second-order valence-corrected chi connectivity index (χ2v) is 6.09. The molecule has 0 spiro atoms. The van der Waals surface area contributed by atoms with Gasteiger partial charge in [0.05, 0.1) is 0 Å². The fraction of sp³-hybridized carbons (Fsp3) is 0.944. The van der Waals surface area contributed by atoms with Crippen molar-refractivity contribution in [1.82, 2.24) is 0 Å². The van der Waals surface area contributed by atoms with Gasteiger partial charge in [0, 0.05) is 27.5 Å². The molecule has 0 bridgehead atoms. The van der Waals surface area contributed by atoms with Crippen molar-refractivity contribution in [3.63, 3.8) is 0 Å². The van der Waals surface area contributed by atoms with Crippen LogP contribution in [0.15, 0.2) is 0 Å². The maximum absolute atomic E-state index is 10.3. The zero-order valence-corrected chi connectivity index (χ0v) is 16.1. The molecule has 0 aromatic carbocycles. The molecule has 0 aromatic heterocycles. The van der Waals surface area contributed by atoms with E-state index in [2.05, 4.69) is 6.92 Å². The molecule has 132 valence electrons. The Morgan fingerprint density at radius 1 is 0.636 bits per heavy atom. The summed E-state index contributed by atoms with van der Waals surface area (Å²) in [5.74, 6) is -0.653. The van der Waals surface area contributed by atoms with Crippen molar-refractivity contribution in [3.8, 4) is 0 Å². The Morgan fingerprint density at radius 3 is 1.18 bits per heavy atom. The molecule has 2 nitrogen and oxygen atoms in total. The number of carboxylic acids is 1. The maximum Gasteiger partial charge on any atom is 0.303 e. The number of rotatable bonds is 16. The van der Waals surface area contributed by atoms with Gasteiger partial charge in [0.1, 0.15) is 0 Å². The Balaban J connectivity index is -0.00000180. The van der Waals surface area contributed by atoms with Crippen molar-refractivity contribution in [2.75, 3.05) is 0 Å². The van der Waals surface area contributed by atoms with Crippen LogP contribution in [0.25, 0.3) is 0 Å². The summed E-state index contributed by atoms with van der Waals surface area (Å²) in [7, 11) is 0. The molecule has 0 rings (SSSR count). The number of carboxylic acid groups (broad SMARTS) is 1. The molecule has 0 amide bonds. The third-order valence-corrected chi connectivity index (χ3v) is 3.99. The normalized spacial score (nSPS) is 9.86. The molecule has 0 saturated heterocycles. The minimum Gasteiger partial charge on any atom is -0.481 e. The summed E-state index contributed by atoms with van der Waals surface area (Å²) in [4.78, 5) is 10.3. The van der Waals surface area contributed by atoms with Crippen molar-refractivity contribution in [3.05, 3.63) is 0 Å². The summed E-state index contributed by atoms with van der Waals surface area (Å²) in [6.07, 6.45) is 20.2. The third kappa shape index (κ3) is 25.6. The standard InChI is InChI=1S/C18H36O2.Al.Mo.3H/c1-2-3-4-5-6-7-8-9-10-11-12-13-14-15-16-17-18(19)20;;;;;/h2-17H2,1H3,(H,19,20);;;;;. The molecule has 0 saturated carbocycles. The largest absolute Gasteiger partial charge is 0.481 e. The first-order valence-electron chi connectivity index (χ1n) is 8.99. The van der Waals surface area contributed by atoms with E-state index in [4.69, 9.17) is 5.11 Å². The molecule has 0 heterocycles. The summed E-state index contributed by atoms with van der Waals surface area (Å²) in [6.45, 7) is 2.27. The van der Waals surface area contributed by atoms with Gasteiger partial charge in [0.25, 0.3) is 0 Å². The zero-order valence-electron chi connectivity index (χ0n) is 14.1. The van der Waals surface area contributed by atoms with Crippen molar-refractivity contribution in [2.24, 2.45) is 0 Å². The van der Waals surface area contributed by atoms with Crippen LogP contribution in [-0.4, -0.2) is 28.4 Å². The summed E-state index contributed by atoms with van der Waals surface area (Å²) in [5.41, 5.74) is 0. The van der Waals surface area contributed by atoms with E-state index in [-0.39, 0.29) is 38.4 Å². The molecular formula is C18H39AlMoO2. The van der Waals surface area contributed by atoms with Crippen molar-refractivity contribution in [2.45, 2.75) is 110 Å². The van der Waals surface area contributed by atoms with Crippen LogP contribution in [0.2, 0.25) is 0 Å². The summed E-state index contributed by atoms with van der Waals surface area (Å²) in [5, 5.41) is 8.52. The van der Waals surface area contributed by atoms with E-state index in [0.717, 1.165) is 12.8 Å². The number of aliphatic carboxylic acids is 1. The Bertz CT molecular complexity index is 213. The van der Waals surface area contributed by atoms with E-state index in [1.54, 1.807) is 0 Å². The first kappa shape index (κ1) is 27.5. The topological polar surface area (TPSA) is 37.3 Å². The van der Waals surface area contributed by atoms with Crippen LogP contribution in [0.5, 0.6) is 0 Å². The Labute approximate surface area is 163 Å². The van der Waals surface area contributed by atoms with Crippen molar-refractivity contribution in [1.29, 1.82) is 0 Å². The minimum atomic E-state index is -0.653. The summed E-state index contributed by atoms with van der Waals surface area (Å²) >= 11 is 0. The second-order valence-electron chi connectivity index (χ2n) is 6.09. The first-order chi connectivity index (χ1) is 9.77. The van der Waals surface area contributed by atoms with Gasteiger partial charge >= 0.3 is 5.97 Å². The molecule has 22 heavy (non-hydrogen) atoms. The van der Waals surface area contributed by atoms with Crippen LogP contribution in [0.3, 0.4) is 0 Å². The van der Waals surface area contributed by atoms with E-state index < -0.39 is 5.97 Å². The molecule has 0 aliphatic rings. The molecule has 0 unspecified atom stereocenters. The molecule has 1 N–H and O–H groups in total. The van der Waals surface area contributed by atoms with Gasteiger partial charge in [-0.25, -0.2) is 0 Å². The number of hydrogen-bond acceptors (Lipinski definition) is 1. The van der Waals surface area contributed by atoms with E-state index in [0.29, 0.717) is 6.42 Å². The van der Waals surface area contributed by atoms with Crippen LogP contribution in [0.1, 0.15) is 110 Å². The van der Waals surface area contributed by atoms with Crippen molar-refractivity contribution >= 4 is 23.3 Å². The minimum absolute atomic E-state index is 0. The van der Waals surface area contributed by atoms with Gasteiger partial charge in [-0.1, -0.05) is 96.8 Å². The van der Waals surface area contributed by atoms with Crippen LogP contribution in [0.4, 0.5) is 0 Å². The SMILES string of the molecule is CCCCCCCCCCCCCCCCCC(=O)O.[AlH3].[Mo]. The third-order valence-electron chi connectivity index (χ3n) is 3.99. The van der Waals surface area contributed by atoms with E-state index >= 15 is 0 Å². The summed E-state index contributed by atoms with van der Waals surface area (Å²) < 4.78 is 0. The molecule has 4 heteroatoms. The smallest absolute Gasteiger partial charge is 0.303 e. The van der Waals surface area contributed by atoms with Gasteiger partial charge in [-0.2, -0.15) is 0 Å². The molecule has 0 aliphatic carbocycles. The van der Waals surface area contributed by atoms with Gasteiger partial charge < -0.3 is 5.11 Å². The van der Waals surface area contributed by atoms with Crippen LogP contribution >= 0.6 is 0 Å². The van der Waals surface area contributed by atoms with E-state index in [9.17, 15) is 4.79 Å². The zero-order chi connectivity index (χ0) is 14.9. The first-order valence-corrected chi connectivity index (χ1v) is 8.99. The molecule has 0 fully saturated rings. The van der Waals surface area contributed by atoms with Crippen molar-refractivity contribution < 1.29 is 31.0 Å². The van der Waals surface area contributed by atoms with Gasteiger partial charge in [-0.15, -0.1) is 0 Å². The van der Waals surface area contributed by atoms with Gasteiger partial charge in [-0.05, 0) is 6.42 Å². The quantitative estimate of drug-likeness (QED) is 0.282. The van der Waals surface area contributed by atoms with Crippen LogP contribution in [-0.2, 0) is 25.9 Å². The number of unbranched alkanes of at least 4 members (excludes halogenated alkanes) is 14. The second kappa shape index (κ2) is 23.9. The maximum atomic E-state index is 10.3. The molecule has 0 aromatic rings. The number of hydrogen-bond donors (Lipinski definition) is 1. The predicted molar refractivity (Wildman–Crippen MR) is 97.1 cm³/mol. The van der Waals surface area contributed by atoms with Crippen LogP contribution < -0.4 is 0 Å². The van der Waals surface area contributed by atoms with Crippen LogP contribution in [0, 0.1) is 0 Å². The number of carbonyl (C=O) groups is 1. The van der Waals surface area contributed by atoms with Gasteiger partial charge in [0.2, 0.25) is 0 Å². The molecule has 0 atom stereocenters. The fourth-order valence-electron chi connectivity index (χ4n) is 2.65. The Morgan fingerprint density at radius 2 is 0.909 bits per heavy atom. The van der Waals surface area contributed by atoms with E-state index in [1.165, 1.54) is 83.5 Å². The average Bonchev–Trinajstić information content (AvgIpc) is 2.43. The monoisotopic (exact) mass is 412 g/mol. The average molecular weight is 410 g/mol. The van der Waals surface area contributed by atoms with Gasteiger partial charge in [0.15, 0.2) is 17.4 Å². The van der Waals surface area contributed by atoms with E-state index in [1.807, 2.05) is 0 Å². The Kier molecular flexibility index (Phi) is 30.0. The van der Waals surface area contributed by atoms with Gasteiger partial charge in [-0.3, -0.25) is 4.79 Å². The Hall–Kier alpha value is 0.691. The predicted octanol–water partition coefficient (Wildman–Crippen LogP) is 5.15. The fourth-order valence-corrected chi connectivity index (χ4v) is 2.65. The molecular weight excluding hydrogens is 371 g/mol. The molecule has 0 radical (unpaired) electrons.